The van der Waals surface area contributed by atoms with Crippen molar-refractivity contribution < 1.29 is 41.2 Å². The Morgan fingerprint density at radius 1 is 0.631 bits per heavy atom. The van der Waals surface area contributed by atoms with Gasteiger partial charge in [0.25, 0.3) is 0 Å². The molecule has 0 bridgehead atoms. The number of hydrogen-bond donors (Lipinski definition) is 0. The number of carbonyl (C=O) groups excluding carboxylic acids is 2. The highest BCUT2D eigenvalue weighted by atomic mass is 32.9. The van der Waals surface area contributed by atoms with Gasteiger partial charge in [0.15, 0.2) is 41.1 Å². The Bertz CT molecular complexity index is 2190. The molecule has 0 aromatic heterocycles. The predicted molar refractivity (Wildman–Crippen MR) is 300 cm³/mol. The predicted octanol–water partition coefficient (Wildman–Crippen LogP) is 12.1. The third-order valence-corrected chi connectivity index (χ3v) is 26.1. The van der Waals surface area contributed by atoms with Gasteiger partial charge in [-0.1, -0.05) is 82.3 Å². The highest BCUT2D eigenvalue weighted by Crippen LogP contribution is 2.29. The lowest BCUT2D eigenvalue weighted by molar-refractivity contribution is -0.149. The molecule has 9 nitrogen and oxygen atoms in total. The molecule has 0 fully saturated rings. The molecule has 1 radical (unpaired) electrons. The zero-order chi connectivity index (χ0) is 44.1. The first-order chi connectivity index (χ1) is 27.5. The smallest absolute Gasteiger partial charge is 0.360 e. The summed E-state index contributed by atoms with van der Waals surface area (Å²) in [4.78, 5) is 47.9. The summed E-state index contributed by atoms with van der Waals surface area (Å²) in [5.74, 6) is -0.173. The minimum absolute atomic E-state index is 0. The van der Waals surface area contributed by atoms with E-state index in [9.17, 15) is 19.4 Å². The summed E-state index contributed by atoms with van der Waals surface area (Å²) >= 11 is 9.55. The van der Waals surface area contributed by atoms with Gasteiger partial charge >= 0.3 is 29.8 Å². The van der Waals surface area contributed by atoms with Crippen LogP contribution in [0.15, 0.2) is 109 Å². The molecule has 363 valence electrons. The number of ether oxygens (including phenoxy) is 2. The van der Waals surface area contributed by atoms with Gasteiger partial charge in [0.05, 0.1) is 5.92 Å². The van der Waals surface area contributed by atoms with Gasteiger partial charge < -0.3 is 31.6 Å². The largest absolute Gasteiger partial charge is 0.615 e. The van der Waals surface area contributed by atoms with E-state index < -0.39 is 54.3 Å². The zero-order valence-electron chi connectivity index (χ0n) is 34.9. The molecule has 0 saturated heterocycles. The second kappa shape index (κ2) is 31.7. The fourth-order valence-corrected chi connectivity index (χ4v) is 23.5. The van der Waals surface area contributed by atoms with Crippen molar-refractivity contribution in [1.29, 1.82) is 0 Å². The third kappa shape index (κ3) is 24.5. The van der Waals surface area contributed by atoms with Crippen LogP contribution in [0.3, 0.4) is 0 Å². The van der Waals surface area contributed by atoms with Crippen LogP contribution in [0.1, 0.15) is 58.4 Å². The van der Waals surface area contributed by atoms with Gasteiger partial charge in [-0.05, 0) is 154 Å². The van der Waals surface area contributed by atoms with Gasteiger partial charge in [-0.25, -0.2) is 4.79 Å². The lowest BCUT2D eigenvalue weighted by Gasteiger charge is -2.37. The van der Waals surface area contributed by atoms with E-state index in [2.05, 4.69) is 45.9 Å². The maximum Gasteiger partial charge on any atom is 0.360 e. The lowest BCUT2D eigenvalue weighted by atomic mass is 10.1. The SMILES string of the molecule is C.C.C.C.C.C.C=C(C)C(=O)Oc1ccc(-c2ccc([P+]([O-])=S=S)cc2)cc1.CC(C[Si](C)(O[Si](C)O[Si](C)(C)C)O[Si](C)(C)C)C(=O)Oc1ccc(-c2ccc([P+]([O-])=S=S)cc2)cc1. The summed E-state index contributed by atoms with van der Waals surface area (Å²) in [5, 5.41) is 1.45. The van der Waals surface area contributed by atoms with Crippen LogP contribution in [0.4, 0.5) is 0 Å². The number of esters is 2. The topological polar surface area (TPSA) is 126 Å². The molecular weight excluding hydrogens is 999 g/mol. The molecule has 4 atom stereocenters. The van der Waals surface area contributed by atoms with Crippen molar-refractivity contribution >= 4 is 112 Å². The first kappa shape index (κ1) is 69.3. The highest BCUT2D eigenvalue weighted by molar-refractivity contribution is 8.35. The molecule has 0 aliphatic heterocycles. The van der Waals surface area contributed by atoms with Crippen molar-refractivity contribution in [2.24, 2.45) is 5.92 Å². The highest BCUT2D eigenvalue weighted by Gasteiger charge is 2.42. The summed E-state index contributed by atoms with van der Waals surface area (Å²) in [6.07, 6.45) is 0. The second-order valence-electron chi connectivity index (χ2n) is 15.7. The quantitative estimate of drug-likeness (QED) is 0.0350. The third-order valence-electron chi connectivity index (χ3n) is 7.86. The van der Waals surface area contributed by atoms with E-state index in [1.54, 1.807) is 31.2 Å². The lowest BCUT2D eigenvalue weighted by Crippen LogP contribution is -2.53. The zero-order valence-corrected chi connectivity index (χ0v) is 44.0. The summed E-state index contributed by atoms with van der Waals surface area (Å²) in [7, 11) is -5.98. The van der Waals surface area contributed by atoms with Crippen molar-refractivity contribution in [2.75, 3.05) is 0 Å². The summed E-state index contributed by atoms with van der Waals surface area (Å²) < 4.78 is 30.1. The number of rotatable bonds is 16. The Morgan fingerprint density at radius 3 is 1.28 bits per heavy atom. The Labute approximate surface area is 416 Å². The van der Waals surface area contributed by atoms with Gasteiger partial charge in [0.1, 0.15) is 30.5 Å². The minimum Gasteiger partial charge on any atom is -0.615 e. The fraction of sp³-hybridized carbons (Fsp3) is 0.391. The maximum absolute atomic E-state index is 13.0. The average Bonchev–Trinajstić information content (AvgIpc) is 3.16. The van der Waals surface area contributed by atoms with Crippen LogP contribution in [0.5, 0.6) is 11.5 Å². The summed E-state index contributed by atoms with van der Waals surface area (Å²) in [5.41, 5.74) is 4.26. The molecule has 4 aromatic rings. The summed E-state index contributed by atoms with van der Waals surface area (Å²) in [6, 6.07) is 29.9. The van der Waals surface area contributed by atoms with Crippen LogP contribution in [0.25, 0.3) is 22.3 Å². The first-order valence-corrected chi connectivity index (χ1v) is 36.8. The molecule has 0 aliphatic carbocycles. The molecule has 0 spiro atoms. The van der Waals surface area contributed by atoms with E-state index in [0.717, 1.165) is 51.9 Å². The number of carbonyl (C=O) groups is 2. The van der Waals surface area contributed by atoms with Gasteiger partial charge in [0.2, 0.25) is 0 Å². The van der Waals surface area contributed by atoms with E-state index >= 15 is 0 Å². The minimum atomic E-state index is -2.69. The fourth-order valence-electron chi connectivity index (χ4n) is 5.63. The molecular formula is C46H75O9P2S4Si4. The van der Waals surface area contributed by atoms with E-state index in [1.165, 1.54) is 0 Å². The molecule has 19 heteroatoms. The van der Waals surface area contributed by atoms with Crippen LogP contribution in [-0.4, -0.2) is 46.4 Å². The Kier molecular flexibility index (Phi) is 33.8. The van der Waals surface area contributed by atoms with E-state index in [0.29, 0.717) is 23.1 Å². The number of hydrogen-bond acceptors (Lipinski definition) is 11. The van der Waals surface area contributed by atoms with Gasteiger partial charge in [-0.15, -0.1) is 0 Å². The van der Waals surface area contributed by atoms with Crippen molar-refractivity contribution in [3.8, 4) is 33.8 Å². The Hall–Kier alpha value is -2.29. The van der Waals surface area contributed by atoms with Crippen LogP contribution < -0.4 is 29.9 Å². The molecule has 0 heterocycles. The molecule has 0 N–H and O–H groups in total. The Morgan fingerprint density at radius 2 is 0.969 bits per heavy atom. The van der Waals surface area contributed by atoms with Crippen LogP contribution >= 0.6 is 13.8 Å². The van der Waals surface area contributed by atoms with Crippen LogP contribution in [-0.2, 0) is 63.3 Å². The molecule has 4 unspecified atom stereocenters. The van der Waals surface area contributed by atoms with Crippen LogP contribution in [0.2, 0.25) is 58.4 Å². The van der Waals surface area contributed by atoms with E-state index in [1.807, 2.05) is 92.8 Å². The molecule has 65 heavy (non-hydrogen) atoms. The number of benzene rings is 4. The van der Waals surface area contributed by atoms with E-state index in [4.69, 9.17) is 44.2 Å². The first-order valence-electron chi connectivity index (χ1n) is 18.5. The molecule has 4 rings (SSSR count). The molecule has 0 saturated carbocycles. The van der Waals surface area contributed by atoms with Crippen molar-refractivity contribution in [2.45, 2.75) is 117 Å². The van der Waals surface area contributed by atoms with Crippen molar-refractivity contribution in [3.63, 3.8) is 0 Å². The van der Waals surface area contributed by atoms with Gasteiger partial charge in [0, 0.05) is 34.0 Å². The van der Waals surface area contributed by atoms with Crippen molar-refractivity contribution in [3.05, 3.63) is 109 Å². The monoisotopic (exact) mass is 1070 g/mol. The summed E-state index contributed by atoms with van der Waals surface area (Å²) in [6.45, 7) is 20.8. The normalized spacial score (nSPS) is 12.3. The van der Waals surface area contributed by atoms with Gasteiger partial charge in [-0.3, -0.25) is 4.79 Å². The molecule has 4 aromatic carbocycles. The standard InChI is InChI=1S/C24H38O6PS2Si4.C16H13O3PS2.6CH4/c1-19(18-37(9,30-36(6,7)8)29-34(2)28-35(3,4)5)24(25)27-22-14-10-20(11-15-22)21-12-16-23(17-13-21)31(26)33-32;1-11(2)16(17)19-14-7-3-12(4-8-14)13-5-9-15(10-6-13)20(18)22-21;;;;;;/h10-17,19H,18H2,1-9H3;3-10H,1H2,2H3;6*1H4. The average molecular weight is 1070 g/mol. The van der Waals surface area contributed by atoms with Crippen molar-refractivity contribution in [1.82, 2.24) is 0 Å². The molecule has 0 aliphatic rings. The van der Waals surface area contributed by atoms with E-state index in [-0.39, 0.29) is 56.4 Å². The second-order valence-corrected chi connectivity index (χ2v) is 38.1. The Balaban J connectivity index is -0.000000577. The van der Waals surface area contributed by atoms with Crippen LogP contribution in [0, 0.1) is 5.92 Å². The maximum atomic E-state index is 13.0. The van der Waals surface area contributed by atoms with Gasteiger partial charge in [-0.2, -0.15) is 0 Å². The molecule has 0 amide bonds.